The summed E-state index contributed by atoms with van der Waals surface area (Å²) in [5.74, 6) is 0. The molecule has 2 unspecified atom stereocenters. The highest BCUT2D eigenvalue weighted by Gasteiger charge is 2.32. The van der Waals surface area contributed by atoms with Crippen LogP contribution in [0.25, 0.3) is 0 Å². The van der Waals surface area contributed by atoms with Crippen molar-refractivity contribution in [2.75, 3.05) is 6.61 Å². The van der Waals surface area contributed by atoms with Crippen molar-refractivity contribution in [1.82, 2.24) is 5.32 Å². The molecule has 0 spiro atoms. The molecular formula is C10H18N2O. The first-order chi connectivity index (χ1) is 6.07. The zero-order valence-electron chi connectivity index (χ0n) is 8.63. The van der Waals surface area contributed by atoms with E-state index in [4.69, 9.17) is 10.00 Å². The molecule has 2 atom stereocenters. The van der Waals surface area contributed by atoms with Crippen LogP contribution >= 0.6 is 0 Å². The highest BCUT2D eigenvalue weighted by atomic mass is 16.5. The van der Waals surface area contributed by atoms with E-state index in [2.05, 4.69) is 25.2 Å². The summed E-state index contributed by atoms with van der Waals surface area (Å²) in [4.78, 5) is 0. The molecule has 74 valence electrons. The summed E-state index contributed by atoms with van der Waals surface area (Å²) >= 11 is 0. The van der Waals surface area contributed by atoms with Gasteiger partial charge in [-0.15, -0.1) is 0 Å². The Hall–Kier alpha value is -0.590. The van der Waals surface area contributed by atoms with Gasteiger partial charge >= 0.3 is 0 Å². The van der Waals surface area contributed by atoms with E-state index < -0.39 is 0 Å². The Kier molecular flexibility index (Phi) is 3.29. The first kappa shape index (κ1) is 10.5. The second-order valence-electron chi connectivity index (χ2n) is 4.23. The van der Waals surface area contributed by atoms with E-state index in [1.807, 2.05) is 6.92 Å². The van der Waals surface area contributed by atoms with Gasteiger partial charge in [0.05, 0.1) is 24.3 Å². The average molecular weight is 182 g/mol. The van der Waals surface area contributed by atoms with Gasteiger partial charge in [0.25, 0.3) is 0 Å². The summed E-state index contributed by atoms with van der Waals surface area (Å²) in [5, 5.41) is 12.0. The molecule has 1 aliphatic rings. The molecule has 3 heteroatoms. The van der Waals surface area contributed by atoms with E-state index in [0.717, 1.165) is 19.4 Å². The summed E-state index contributed by atoms with van der Waals surface area (Å²) in [7, 11) is 0. The fourth-order valence-corrected chi connectivity index (χ4v) is 1.68. The van der Waals surface area contributed by atoms with Crippen LogP contribution in [-0.2, 0) is 4.74 Å². The molecule has 0 radical (unpaired) electrons. The summed E-state index contributed by atoms with van der Waals surface area (Å²) in [5.41, 5.74) is -0.0224. The molecule has 1 saturated heterocycles. The van der Waals surface area contributed by atoms with Crippen LogP contribution in [0.4, 0.5) is 0 Å². The fourth-order valence-electron chi connectivity index (χ4n) is 1.68. The summed E-state index contributed by atoms with van der Waals surface area (Å²) in [6.07, 6.45) is 1.85. The third-order valence-electron chi connectivity index (χ3n) is 2.41. The Bertz CT molecular complexity index is 207. The van der Waals surface area contributed by atoms with Gasteiger partial charge in [0.1, 0.15) is 0 Å². The van der Waals surface area contributed by atoms with Crippen LogP contribution in [0.5, 0.6) is 0 Å². The maximum Gasteiger partial charge on any atom is 0.0953 e. The highest BCUT2D eigenvalue weighted by molar-refractivity contribution is 4.94. The van der Waals surface area contributed by atoms with Gasteiger partial charge in [-0.1, -0.05) is 6.92 Å². The van der Waals surface area contributed by atoms with Crippen LogP contribution in [0.15, 0.2) is 0 Å². The van der Waals surface area contributed by atoms with E-state index in [1.165, 1.54) is 0 Å². The van der Waals surface area contributed by atoms with E-state index in [1.54, 1.807) is 0 Å². The number of rotatable bonds is 3. The molecule has 3 nitrogen and oxygen atoms in total. The van der Waals surface area contributed by atoms with Crippen molar-refractivity contribution in [2.24, 2.45) is 0 Å². The van der Waals surface area contributed by atoms with Gasteiger partial charge in [-0.2, -0.15) is 5.26 Å². The number of nitrogens with zero attached hydrogens (tertiary/aromatic N) is 1. The minimum atomic E-state index is -0.0255. The first-order valence-corrected chi connectivity index (χ1v) is 4.87. The zero-order valence-corrected chi connectivity index (χ0v) is 8.63. The van der Waals surface area contributed by atoms with Crippen LogP contribution in [0, 0.1) is 11.3 Å². The predicted molar refractivity (Wildman–Crippen MR) is 51.3 cm³/mol. The van der Waals surface area contributed by atoms with Gasteiger partial charge in [-0.25, -0.2) is 0 Å². The Morgan fingerprint density at radius 2 is 2.38 bits per heavy atom. The van der Waals surface area contributed by atoms with E-state index in [-0.39, 0.29) is 11.6 Å². The van der Waals surface area contributed by atoms with Crippen molar-refractivity contribution in [3.05, 3.63) is 0 Å². The average Bonchev–Trinajstić information content (AvgIpc) is 2.41. The molecule has 0 aliphatic carbocycles. The number of hydrogen-bond acceptors (Lipinski definition) is 3. The molecular weight excluding hydrogens is 164 g/mol. The SMILES string of the molecule is CCC(C#N)NC1COC(C)(C)C1. The molecule has 0 aromatic heterocycles. The lowest BCUT2D eigenvalue weighted by Gasteiger charge is -2.17. The first-order valence-electron chi connectivity index (χ1n) is 4.87. The van der Waals surface area contributed by atoms with Crippen molar-refractivity contribution >= 4 is 0 Å². The second kappa shape index (κ2) is 4.08. The summed E-state index contributed by atoms with van der Waals surface area (Å²) in [6, 6.07) is 2.56. The van der Waals surface area contributed by atoms with Crippen LogP contribution < -0.4 is 5.32 Å². The van der Waals surface area contributed by atoms with Crippen molar-refractivity contribution in [3.63, 3.8) is 0 Å². The van der Waals surface area contributed by atoms with Gasteiger partial charge in [-0.3, -0.25) is 5.32 Å². The van der Waals surface area contributed by atoms with Crippen LogP contribution in [0.2, 0.25) is 0 Å². The lowest BCUT2D eigenvalue weighted by molar-refractivity contribution is 0.0356. The Balaban J connectivity index is 2.36. The largest absolute Gasteiger partial charge is 0.374 e. The van der Waals surface area contributed by atoms with Gasteiger partial charge in [0, 0.05) is 6.04 Å². The number of nitrogens with one attached hydrogen (secondary N) is 1. The molecule has 1 N–H and O–H groups in total. The minimum Gasteiger partial charge on any atom is -0.374 e. The third kappa shape index (κ3) is 2.98. The van der Waals surface area contributed by atoms with E-state index in [9.17, 15) is 0 Å². The lowest BCUT2D eigenvalue weighted by Crippen LogP contribution is -2.38. The predicted octanol–water partition coefficient (Wildman–Crippen LogP) is 1.45. The normalized spacial score (nSPS) is 28.3. The smallest absolute Gasteiger partial charge is 0.0953 e. The van der Waals surface area contributed by atoms with Gasteiger partial charge in [0.2, 0.25) is 0 Å². The van der Waals surface area contributed by atoms with Crippen molar-refractivity contribution in [1.29, 1.82) is 5.26 Å². The summed E-state index contributed by atoms with van der Waals surface area (Å²) < 4.78 is 5.57. The maximum absolute atomic E-state index is 8.76. The van der Waals surface area contributed by atoms with Crippen LogP contribution in [0.3, 0.4) is 0 Å². The highest BCUT2D eigenvalue weighted by Crippen LogP contribution is 2.24. The van der Waals surface area contributed by atoms with Crippen LogP contribution in [-0.4, -0.2) is 24.3 Å². The lowest BCUT2D eigenvalue weighted by atomic mass is 10.0. The summed E-state index contributed by atoms with van der Waals surface area (Å²) in [6.45, 7) is 6.91. The molecule has 0 aromatic carbocycles. The Morgan fingerprint density at radius 1 is 1.69 bits per heavy atom. The van der Waals surface area contributed by atoms with Gasteiger partial charge < -0.3 is 4.74 Å². The molecule has 0 amide bonds. The number of ether oxygens (including phenoxy) is 1. The van der Waals surface area contributed by atoms with E-state index >= 15 is 0 Å². The molecule has 0 bridgehead atoms. The van der Waals surface area contributed by atoms with Crippen molar-refractivity contribution < 1.29 is 4.74 Å². The second-order valence-corrected chi connectivity index (χ2v) is 4.23. The monoisotopic (exact) mass is 182 g/mol. The molecule has 1 fully saturated rings. The maximum atomic E-state index is 8.76. The molecule has 0 aromatic rings. The standard InChI is InChI=1S/C10H18N2O/c1-4-8(6-11)12-9-5-10(2,3)13-7-9/h8-9,12H,4-5,7H2,1-3H3. The fraction of sp³-hybridized carbons (Fsp3) is 0.900. The number of hydrogen-bond donors (Lipinski definition) is 1. The topological polar surface area (TPSA) is 45.0 Å². The molecule has 13 heavy (non-hydrogen) atoms. The van der Waals surface area contributed by atoms with Crippen LogP contribution in [0.1, 0.15) is 33.6 Å². The zero-order chi connectivity index (χ0) is 9.90. The molecule has 1 rings (SSSR count). The molecule has 1 aliphatic heterocycles. The minimum absolute atomic E-state index is 0.0224. The Morgan fingerprint density at radius 3 is 2.77 bits per heavy atom. The molecule has 0 saturated carbocycles. The van der Waals surface area contributed by atoms with Crippen molar-refractivity contribution in [3.8, 4) is 6.07 Å². The van der Waals surface area contributed by atoms with Gasteiger partial charge in [0.15, 0.2) is 0 Å². The number of nitriles is 1. The third-order valence-corrected chi connectivity index (χ3v) is 2.41. The van der Waals surface area contributed by atoms with Gasteiger partial charge in [-0.05, 0) is 26.7 Å². The molecule has 1 heterocycles. The quantitative estimate of drug-likeness (QED) is 0.718. The Labute approximate surface area is 80.1 Å². The van der Waals surface area contributed by atoms with E-state index in [0.29, 0.717) is 6.04 Å². The van der Waals surface area contributed by atoms with Crippen molar-refractivity contribution in [2.45, 2.75) is 51.3 Å².